The monoisotopic (exact) mass is 300 g/mol. The Balaban J connectivity index is 3.63. The second-order valence-electron chi connectivity index (χ2n) is 5.55. The van der Waals surface area contributed by atoms with E-state index in [-0.39, 0.29) is 5.91 Å². The van der Waals surface area contributed by atoms with Crippen LogP contribution in [-0.2, 0) is 4.79 Å². The topological polar surface area (TPSA) is 61.6 Å². The van der Waals surface area contributed by atoms with Crippen LogP contribution in [0.15, 0.2) is 0 Å². The number of unbranched alkanes of at least 4 members (excludes halogenated alkanes) is 1. The van der Waals surface area contributed by atoms with Gasteiger partial charge in [-0.2, -0.15) is 0 Å². The number of carbonyl (C=O) groups is 1. The van der Waals surface area contributed by atoms with Gasteiger partial charge in [0.1, 0.15) is 0 Å². The molecule has 0 aliphatic carbocycles. The molecule has 0 saturated carbocycles. The highest BCUT2D eigenvalue weighted by molar-refractivity contribution is 5.72. The zero-order chi connectivity index (χ0) is 15.9. The minimum Gasteiger partial charge on any atom is -0.356 e. The molecular formula is C16H36N4O. The molecule has 0 aliphatic heterocycles. The maximum Gasteiger partial charge on any atom is 0.216 e. The first-order chi connectivity index (χ1) is 10.1. The van der Waals surface area contributed by atoms with Crippen LogP contribution in [0.1, 0.15) is 46.5 Å². The molecule has 0 rings (SSSR count). The molecule has 0 saturated heterocycles. The fourth-order valence-electron chi connectivity index (χ4n) is 2.41. The van der Waals surface area contributed by atoms with Gasteiger partial charge in [-0.1, -0.05) is 13.8 Å². The van der Waals surface area contributed by atoms with Crippen molar-refractivity contribution in [2.45, 2.75) is 46.5 Å². The van der Waals surface area contributed by atoms with Gasteiger partial charge in [0.15, 0.2) is 0 Å². The van der Waals surface area contributed by atoms with Crippen molar-refractivity contribution in [2.75, 3.05) is 52.4 Å². The smallest absolute Gasteiger partial charge is 0.216 e. The first-order valence-corrected chi connectivity index (χ1v) is 8.53. The Bertz CT molecular complexity index is 248. The number of hydrogen-bond donors (Lipinski definition) is 2. The third-order valence-corrected chi connectivity index (χ3v) is 3.80. The molecule has 3 N–H and O–H groups in total. The summed E-state index contributed by atoms with van der Waals surface area (Å²) in [5.41, 5.74) is 5.56. The summed E-state index contributed by atoms with van der Waals surface area (Å²) in [5.74, 6) is 0.0650. The molecule has 0 heterocycles. The van der Waals surface area contributed by atoms with Gasteiger partial charge in [0.2, 0.25) is 5.91 Å². The van der Waals surface area contributed by atoms with Crippen molar-refractivity contribution in [1.82, 2.24) is 15.1 Å². The Morgan fingerprint density at radius 1 is 0.905 bits per heavy atom. The second-order valence-corrected chi connectivity index (χ2v) is 5.55. The van der Waals surface area contributed by atoms with Crippen molar-refractivity contribution < 1.29 is 4.79 Å². The van der Waals surface area contributed by atoms with E-state index < -0.39 is 0 Å². The predicted molar refractivity (Wildman–Crippen MR) is 90.4 cm³/mol. The fraction of sp³-hybridized carbons (Fsp3) is 0.938. The van der Waals surface area contributed by atoms with Crippen LogP contribution < -0.4 is 11.1 Å². The molecule has 126 valence electrons. The summed E-state index contributed by atoms with van der Waals surface area (Å²) in [6.45, 7) is 14.3. The van der Waals surface area contributed by atoms with Crippen molar-refractivity contribution in [3.63, 3.8) is 0 Å². The minimum absolute atomic E-state index is 0.0650. The molecular weight excluding hydrogens is 264 g/mol. The van der Waals surface area contributed by atoms with Gasteiger partial charge >= 0.3 is 0 Å². The summed E-state index contributed by atoms with van der Waals surface area (Å²) in [5, 5.41) is 2.85. The largest absolute Gasteiger partial charge is 0.356 e. The Morgan fingerprint density at radius 2 is 1.38 bits per heavy atom. The Labute approximate surface area is 131 Å². The number of rotatable bonds is 14. The minimum atomic E-state index is 0.0650. The summed E-state index contributed by atoms with van der Waals surface area (Å²) in [6.07, 6.45) is 4.62. The summed E-state index contributed by atoms with van der Waals surface area (Å²) < 4.78 is 0. The van der Waals surface area contributed by atoms with Gasteiger partial charge in [-0.05, 0) is 71.5 Å². The average Bonchev–Trinajstić information content (AvgIpc) is 2.48. The Hall–Kier alpha value is -0.650. The van der Waals surface area contributed by atoms with E-state index in [4.69, 9.17) is 5.73 Å². The number of amides is 1. The predicted octanol–water partition coefficient (Wildman–Crippen LogP) is 1.29. The quantitative estimate of drug-likeness (QED) is 0.475. The van der Waals surface area contributed by atoms with Gasteiger partial charge in [-0.15, -0.1) is 0 Å². The highest BCUT2D eigenvalue weighted by Crippen LogP contribution is 2.00. The summed E-state index contributed by atoms with van der Waals surface area (Å²) in [6, 6.07) is 0. The van der Waals surface area contributed by atoms with Crippen molar-refractivity contribution in [1.29, 1.82) is 0 Å². The number of nitrogens with two attached hydrogens (primary N) is 1. The van der Waals surface area contributed by atoms with Crippen LogP contribution in [0.2, 0.25) is 0 Å². The maximum atomic E-state index is 10.8. The molecule has 0 radical (unpaired) electrons. The van der Waals surface area contributed by atoms with Crippen molar-refractivity contribution >= 4 is 5.91 Å². The number of carbonyl (C=O) groups excluding carboxylic acids is 1. The second kappa shape index (κ2) is 14.3. The normalized spacial score (nSPS) is 11.3. The van der Waals surface area contributed by atoms with E-state index in [1.54, 1.807) is 6.92 Å². The molecule has 0 bridgehead atoms. The lowest BCUT2D eigenvalue weighted by molar-refractivity contribution is -0.118. The van der Waals surface area contributed by atoms with E-state index in [1.807, 2.05) is 0 Å². The fourth-order valence-corrected chi connectivity index (χ4v) is 2.41. The van der Waals surface area contributed by atoms with E-state index in [0.717, 1.165) is 58.7 Å². The van der Waals surface area contributed by atoms with Crippen LogP contribution in [0.4, 0.5) is 0 Å². The van der Waals surface area contributed by atoms with Gasteiger partial charge in [0, 0.05) is 13.5 Å². The van der Waals surface area contributed by atoms with E-state index in [1.165, 1.54) is 19.4 Å². The molecule has 0 aliphatic rings. The van der Waals surface area contributed by atoms with Crippen LogP contribution in [0.3, 0.4) is 0 Å². The standard InChI is InChI=1S/C16H36N4O/c1-4-19(14-8-10-17)12-6-7-13-20(5-2)15-9-11-18-16(3)21/h4-15,17H2,1-3H3,(H,18,21). The van der Waals surface area contributed by atoms with Gasteiger partial charge < -0.3 is 20.9 Å². The van der Waals surface area contributed by atoms with Crippen molar-refractivity contribution in [3.05, 3.63) is 0 Å². The van der Waals surface area contributed by atoms with E-state index in [0.29, 0.717) is 0 Å². The molecule has 21 heavy (non-hydrogen) atoms. The molecule has 0 aromatic rings. The molecule has 0 spiro atoms. The van der Waals surface area contributed by atoms with Crippen LogP contribution in [-0.4, -0.2) is 68.1 Å². The Morgan fingerprint density at radius 3 is 1.81 bits per heavy atom. The molecule has 0 aromatic carbocycles. The molecule has 1 amide bonds. The summed E-state index contributed by atoms with van der Waals surface area (Å²) in [7, 11) is 0. The van der Waals surface area contributed by atoms with Crippen LogP contribution in [0.5, 0.6) is 0 Å². The van der Waals surface area contributed by atoms with Crippen LogP contribution in [0, 0.1) is 0 Å². The molecule has 5 nitrogen and oxygen atoms in total. The summed E-state index contributed by atoms with van der Waals surface area (Å²) in [4.78, 5) is 15.8. The van der Waals surface area contributed by atoms with Crippen LogP contribution in [0.25, 0.3) is 0 Å². The number of nitrogens with one attached hydrogen (secondary N) is 1. The van der Waals surface area contributed by atoms with E-state index in [9.17, 15) is 4.79 Å². The first-order valence-electron chi connectivity index (χ1n) is 8.53. The van der Waals surface area contributed by atoms with Crippen molar-refractivity contribution in [2.24, 2.45) is 5.73 Å². The molecule has 0 aromatic heterocycles. The number of hydrogen-bond acceptors (Lipinski definition) is 4. The molecule has 0 fully saturated rings. The van der Waals surface area contributed by atoms with E-state index >= 15 is 0 Å². The van der Waals surface area contributed by atoms with Gasteiger partial charge in [-0.3, -0.25) is 4.79 Å². The zero-order valence-corrected chi connectivity index (χ0v) is 14.4. The van der Waals surface area contributed by atoms with Crippen molar-refractivity contribution in [3.8, 4) is 0 Å². The highest BCUT2D eigenvalue weighted by Gasteiger charge is 2.04. The SMILES string of the molecule is CCN(CCCN)CCCCN(CC)CCCNC(C)=O. The molecule has 0 unspecified atom stereocenters. The van der Waals surface area contributed by atoms with Gasteiger partial charge in [0.05, 0.1) is 0 Å². The lowest BCUT2D eigenvalue weighted by Gasteiger charge is -2.22. The maximum absolute atomic E-state index is 10.8. The lowest BCUT2D eigenvalue weighted by Crippen LogP contribution is -2.31. The molecule has 5 heteroatoms. The van der Waals surface area contributed by atoms with Gasteiger partial charge in [-0.25, -0.2) is 0 Å². The Kier molecular flexibility index (Phi) is 13.9. The van der Waals surface area contributed by atoms with E-state index in [2.05, 4.69) is 29.0 Å². The summed E-state index contributed by atoms with van der Waals surface area (Å²) >= 11 is 0. The average molecular weight is 300 g/mol. The third kappa shape index (κ3) is 12.8. The zero-order valence-electron chi connectivity index (χ0n) is 14.4. The lowest BCUT2D eigenvalue weighted by atomic mass is 10.2. The van der Waals surface area contributed by atoms with Gasteiger partial charge in [0.25, 0.3) is 0 Å². The number of nitrogens with zero attached hydrogens (tertiary/aromatic N) is 2. The highest BCUT2D eigenvalue weighted by atomic mass is 16.1. The first kappa shape index (κ1) is 20.3. The third-order valence-electron chi connectivity index (χ3n) is 3.80. The molecule has 0 atom stereocenters. The van der Waals surface area contributed by atoms with Crippen LogP contribution >= 0.6 is 0 Å².